The van der Waals surface area contributed by atoms with E-state index in [0.29, 0.717) is 6.42 Å². The molecule has 0 aromatic heterocycles. The van der Waals surface area contributed by atoms with Crippen molar-refractivity contribution in [3.63, 3.8) is 0 Å². The molecule has 0 aromatic rings. The zero-order chi connectivity index (χ0) is 8.36. The Hall–Kier alpha value is -0.0800. The second-order valence-electron chi connectivity index (χ2n) is 3.18. The van der Waals surface area contributed by atoms with Gasteiger partial charge in [0.15, 0.2) is 0 Å². The zero-order valence-electron chi connectivity index (χ0n) is 7.26. The van der Waals surface area contributed by atoms with Crippen molar-refractivity contribution in [1.29, 1.82) is 0 Å². The summed E-state index contributed by atoms with van der Waals surface area (Å²) in [4.78, 5) is 0. The molecule has 2 N–H and O–H groups in total. The molecule has 0 radical (unpaired) electrons. The molecule has 10 heavy (non-hydrogen) atoms. The molecule has 0 bridgehead atoms. The topological polar surface area (TPSA) is 40.5 Å². The van der Waals surface area contributed by atoms with Crippen LogP contribution >= 0.6 is 0 Å². The van der Waals surface area contributed by atoms with Crippen molar-refractivity contribution >= 4 is 0 Å². The normalized spacial score (nSPS) is 20.7. The molecule has 2 nitrogen and oxygen atoms in total. The summed E-state index contributed by atoms with van der Waals surface area (Å²) in [6.45, 7) is 7.34. The van der Waals surface area contributed by atoms with Crippen LogP contribution in [0.5, 0.6) is 0 Å². The summed E-state index contributed by atoms with van der Waals surface area (Å²) in [5, 5.41) is 18.9. The number of aliphatic hydroxyl groups excluding tert-OH is 1. The number of aliphatic hydroxyl groups is 2. The summed E-state index contributed by atoms with van der Waals surface area (Å²) in [7, 11) is 0. The van der Waals surface area contributed by atoms with Gasteiger partial charge in [-0.2, -0.15) is 0 Å². The maximum Gasteiger partial charge on any atom is 0.0922 e. The van der Waals surface area contributed by atoms with Gasteiger partial charge in [-0.1, -0.05) is 20.8 Å². The predicted molar refractivity (Wildman–Crippen MR) is 41.8 cm³/mol. The van der Waals surface area contributed by atoms with E-state index >= 15 is 0 Å². The van der Waals surface area contributed by atoms with Crippen LogP contribution in [-0.2, 0) is 0 Å². The van der Waals surface area contributed by atoms with E-state index in [1.807, 2.05) is 20.8 Å². The predicted octanol–water partition coefficient (Wildman–Crippen LogP) is 1.16. The summed E-state index contributed by atoms with van der Waals surface area (Å²) in [6, 6.07) is 0. The Morgan fingerprint density at radius 2 is 1.70 bits per heavy atom. The molecule has 0 spiro atoms. The van der Waals surface area contributed by atoms with Gasteiger partial charge in [0.1, 0.15) is 0 Å². The third-order valence-corrected chi connectivity index (χ3v) is 2.29. The van der Waals surface area contributed by atoms with Gasteiger partial charge in [0, 0.05) is 0 Å². The van der Waals surface area contributed by atoms with Gasteiger partial charge in [-0.15, -0.1) is 0 Å². The van der Waals surface area contributed by atoms with E-state index in [4.69, 9.17) is 0 Å². The van der Waals surface area contributed by atoms with Crippen LogP contribution in [0, 0.1) is 5.92 Å². The first-order valence-corrected chi connectivity index (χ1v) is 3.85. The fraction of sp³-hybridized carbons (Fsp3) is 1.00. The van der Waals surface area contributed by atoms with Crippen LogP contribution in [0.4, 0.5) is 0 Å². The molecule has 2 unspecified atom stereocenters. The second-order valence-corrected chi connectivity index (χ2v) is 3.18. The summed E-state index contributed by atoms with van der Waals surface area (Å²) in [6.07, 6.45) is -0.0417. The molecular formula is C8H18O2. The SMILES string of the molecule is CCC(O)(C(C)C)C(C)O. The second kappa shape index (κ2) is 3.35. The first-order chi connectivity index (χ1) is 4.45. The van der Waals surface area contributed by atoms with Gasteiger partial charge in [0.2, 0.25) is 0 Å². The summed E-state index contributed by atoms with van der Waals surface area (Å²) < 4.78 is 0. The van der Waals surface area contributed by atoms with Crippen molar-refractivity contribution in [3.05, 3.63) is 0 Å². The average Bonchev–Trinajstić information content (AvgIpc) is 1.85. The molecular weight excluding hydrogens is 128 g/mol. The molecule has 0 heterocycles. The Labute approximate surface area is 62.9 Å². The van der Waals surface area contributed by atoms with E-state index in [1.54, 1.807) is 6.92 Å². The fourth-order valence-corrected chi connectivity index (χ4v) is 1.19. The number of rotatable bonds is 3. The molecule has 0 rings (SSSR count). The molecule has 2 atom stereocenters. The van der Waals surface area contributed by atoms with Crippen molar-refractivity contribution in [3.8, 4) is 0 Å². The lowest BCUT2D eigenvalue weighted by Crippen LogP contribution is -2.44. The third kappa shape index (κ3) is 1.70. The first kappa shape index (κ1) is 9.92. The molecule has 0 aliphatic heterocycles. The highest BCUT2D eigenvalue weighted by Crippen LogP contribution is 2.24. The van der Waals surface area contributed by atoms with Gasteiger partial charge in [-0.25, -0.2) is 0 Å². The lowest BCUT2D eigenvalue weighted by atomic mass is 9.83. The Kier molecular flexibility index (Phi) is 3.33. The van der Waals surface area contributed by atoms with Crippen molar-refractivity contribution in [2.75, 3.05) is 0 Å². The van der Waals surface area contributed by atoms with Gasteiger partial charge >= 0.3 is 0 Å². The van der Waals surface area contributed by atoms with Crippen LogP contribution in [0.25, 0.3) is 0 Å². The third-order valence-electron chi connectivity index (χ3n) is 2.29. The van der Waals surface area contributed by atoms with E-state index < -0.39 is 11.7 Å². The number of hydrogen-bond acceptors (Lipinski definition) is 2. The van der Waals surface area contributed by atoms with E-state index in [-0.39, 0.29) is 5.92 Å². The Morgan fingerprint density at radius 3 is 1.70 bits per heavy atom. The molecule has 0 amide bonds. The molecule has 0 aliphatic carbocycles. The Balaban J connectivity index is 4.23. The van der Waals surface area contributed by atoms with Gasteiger partial charge in [-0.3, -0.25) is 0 Å². The van der Waals surface area contributed by atoms with E-state index in [1.165, 1.54) is 0 Å². The highest BCUT2D eigenvalue weighted by molar-refractivity contribution is 4.85. The highest BCUT2D eigenvalue weighted by Gasteiger charge is 2.33. The van der Waals surface area contributed by atoms with Gasteiger partial charge in [0.05, 0.1) is 11.7 Å². The fourth-order valence-electron chi connectivity index (χ4n) is 1.19. The molecule has 0 saturated heterocycles. The maximum absolute atomic E-state index is 9.72. The minimum Gasteiger partial charge on any atom is -0.390 e. The lowest BCUT2D eigenvalue weighted by Gasteiger charge is -2.33. The summed E-state index contributed by atoms with van der Waals surface area (Å²) in [5.41, 5.74) is -0.903. The molecule has 0 aromatic carbocycles. The van der Waals surface area contributed by atoms with Crippen LogP contribution in [0.1, 0.15) is 34.1 Å². The van der Waals surface area contributed by atoms with Gasteiger partial charge in [-0.05, 0) is 19.3 Å². The van der Waals surface area contributed by atoms with Crippen LogP contribution < -0.4 is 0 Å². The maximum atomic E-state index is 9.72. The monoisotopic (exact) mass is 146 g/mol. The highest BCUT2D eigenvalue weighted by atomic mass is 16.3. The van der Waals surface area contributed by atoms with Crippen molar-refractivity contribution < 1.29 is 10.2 Å². The van der Waals surface area contributed by atoms with Crippen LogP contribution in [0.2, 0.25) is 0 Å². The summed E-state index contributed by atoms with van der Waals surface area (Å²) in [5.74, 6) is 0.109. The zero-order valence-corrected chi connectivity index (χ0v) is 7.26. The first-order valence-electron chi connectivity index (χ1n) is 3.85. The van der Waals surface area contributed by atoms with Crippen LogP contribution in [0.15, 0.2) is 0 Å². The van der Waals surface area contributed by atoms with Crippen molar-refractivity contribution in [2.24, 2.45) is 5.92 Å². The largest absolute Gasteiger partial charge is 0.390 e. The quantitative estimate of drug-likeness (QED) is 0.627. The van der Waals surface area contributed by atoms with E-state index in [9.17, 15) is 10.2 Å². The standard InChI is InChI=1S/C8H18O2/c1-5-8(10,6(2)3)7(4)9/h6-7,9-10H,5H2,1-4H3. The Bertz CT molecular complexity index is 89.4. The molecule has 0 aliphatic rings. The minimum absolute atomic E-state index is 0.109. The Morgan fingerprint density at radius 1 is 1.30 bits per heavy atom. The molecule has 0 saturated carbocycles. The molecule has 0 fully saturated rings. The van der Waals surface area contributed by atoms with Crippen molar-refractivity contribution in [1.82, 2.24) is 0 Å². The molecule has 2 heteroatoms. The lowest BCUT2D eigenvalue weighted by molar-refractivity contribution is -0.0995. The smallest absolute Gasteiger partial charge is 0.0922 e. The molecule has 62 valence electrons. The number of hydrogen-bond donors (Lipinski definition) is 2. The van der Waals surface area contributed by atoms with Crippen LogP contribution in [-0.4, -0.2) is 21.9 Å². The van der Waals surface area contributed by atoms with Crippen molar-refractivity contribution in [2.45, 2.75) is 45.8 Å². The van der Waals surface area contributed by atoms with Crippen LogP contribution in [0.3, 0.4) is 0 Å². The van der Waals surface area contributed by atoms with E-state index in [0.717, 1.165) is 0 Å². The van der Waals surface area contributed by atoms with Gasteiger partial charge < -0.3 is 10.2 Å². The van der Waals surface area contributed by atoms with Gasteiger partial charge in [0.25, 0.3) is 0 Å². The average molecular weight is 146 g/mol. The van der Waals surface area contributed by atoms with E-state index in [2.05, 4.69) is 0 Å². The minimum atomic E-state index is -0.903. The summed E-state index contributed by atoms with van der Waals surface area (Å²) >= 11 is 0.